The van der Waals surface area contributed by atoms with Crippen LogP contribution in [-0.2, 0) is 4.74 Å². The maximum Gasteiger partial charge on any atom is 0.407 e. The van der Waals surface area contributed by atoms with E-state index in [1.807, 2.05) is 0 Å². The summed E-state index contributed by atoms with van der Waals surface area (Å²) in [6, 6.07) is 0. The van der Waals surface area contributed by atoms with E-state index in [1.165, 1.54) is 0 Å². The lowest BCUT2D eigenvalue weighted by atomic mass is 10.5. The third-order valence-corrected chi connectivity index (χ3v) is 1.38. The highest BCUT2D eigenvalue weighted by Crippen LogP contribution is 1.89. The maximum atomic E-state index is 10.5. The molecule has 6 heteroatoms. The molecule has 0 saturated carbocycles. The van der Waals surface area contributed by atoms with Crippen molar-refractivity contribution in [1.82, 2.24) is 4.90 Å². The van der Waals surface area contributed by atoms with Crippen molar-refractivity contribution in [3.05, 3.63) is 0 Å². The Morgan fingerprint density at radius 3 is 2.31 bits per heavy atom. The molecule has 0 aliphatic rings. The molecule has 0 fully saturated rings. The first-order chi connectivity index (χ1) is 6.22. The third kappa shape index (κ3) is 6.32. The minimum Gasteiger partial charge on any atom is -0.465 e. The molecule has 1 amide bonds. The van der Waals surface area contributed by atoms with Gasteiger partial charge in [0.05, 0.1) is 26.4 Å². The molecule has 0 aromatic rings. The van der Waals surface area contributed by atoms with Crippen LogP contribution in [0.2, 0.25) is 0 Å². The Hall–Kier alpha value is -0.850. The molecule has 0 unspecified atom stereocenters. The van der Waals surface area contributed by atoms with Crippen LogP contribution in [0.1, 0.15) is 0 Å². The van der Waals surface area contributed by atoms with Crippen molar-refractivity contribution in [1.29, 1.82) is 0 Å². The lowest BCUT2D eigenvalue weighted by molar-refractivity contribution is 0.0672. The Morgan fingerprint density at radius 2 is 1.85 bits per heavy atom. The normalized spacial score (nSPS) is 10.0. The Kier molecular flexibility index (Phi) is 7.27. The van der Waals surface area contributed by atoms with Crippen molar-refractivity contribution >= 4 is 6.09 Å². The second-order valence-corrected chi connectivity index (χ2v) is 2.33. The monoisotopic (exact) mass is 193 g/mol. The smallest absolute Gasteiger partial charge is 0.407 e. The van der Waals surface area contributed by atoms with E-state index in [4.69, 9.17) is 20.1 Å². The summed E-state index contributed by atoms with van der Waals surface area (Å²) in [5.41, 5.74) is 0. The van der Waals surface area contributed by atoms with Gasteiger partial charge in [-0.3, -0.25) is 0 Å². The second kappa shape index (κ2) is 7.78. The van der Waals surface area contributed by atoms with Crippen LogP contribution in [0.3, 0.4) is 0 Å². The Bertz CT molecular complexity index is 141. The van der Waals surface area contributed by atoms with E-state index >= 15 is 0 Å². The fourth-order valence-electron chi connectivity index (χ4n) is 0.765. The lowest BCUT2D eigenvalue weighted by Crippen LogP contribution is -2.35. The largest absolute Gasteiger partial charge is 0.465 e. The molecule has 13 heavy (non-hydrogen) atoms. The van der Waals surface area contributed by atoms with Gasteiger partial charge in [-0.05, 0) is 0 Å². The van der Waals surface area contributed by atoms with Crippen molar-refractivity contribution in [3.8, 4) is 0 Å². The van der Waals surface area contributed by atoms with E-state index in [9.17, 15) is 4.79 Å². The van der Waals surface area contributed by atoms with Crippen molar-refractivity contribution in [2.24, 2.45) is 0 Å². The number of hydrogen-bond acceptors (Lipinski definition) is 4. The van der Waals surface area contributed by atoms with Gasteiger partial charge in [0.2, 0.25) is 0 Å². The van der Waals surface area contributed by atoms with Gasteiger partial charge in [-0.25, -0.2) is 4.79 Å². The summed E-state index contributed by atoms with van der Waals surface area (Å²) in [7, 11) is 0. The summed E-state index contributed by atoms with van der Waals surface area (Å²) >= 11 is 0. The number of aliphatic hydroxyl groups excluding tert-OH is 2. The van der Waals surface area contributed by atoms with Gasteiger partial charge in [-0.1, -0.05) is 0 Å². The predicted octanol–water partition coefficient (Wildman–Crippen LogP) is -1.03. The molecule has 0 spiro atoms. The van der Waals surface area contributed by atoms with E-state index in [0.29, 0.717) is 0 Å². The molecule has 0 aliphatic heterocycles. The first kappa shape index (κ1) is 12.2. The van der Waals surface area contributed by atoms with E-state index in [0.717, 1.165) is 4.90 Å². The number of carboxylic acid groups (broad SMARTS) is 1. The fourth-order valence-corrected chi connectivity index (χ4v) is 0.765. The standard InChI is InChI=1S/C7H15NO5/c9-3-1-8(7(11)12)2-5-13-6-4-10/h9-10H,1-6H2,(H,11,12). The average molecular weight is 193 g/mol. The van der Waals surface area contributed by atoms with Crippen LogP contribution in [0.4, 0.5) is 4.79 Å². The molecule has 0 radical (unpaired) electrons. The van der Waals surface area contributed by atoms with Crippen LogP contribution in [0, 0.1) is 0 Å². The zero-order valence-electron chi connectivity index (χ0n) is 7.35. The highest BCUT2D eigenvalue weighted by atomic mass is 16.5. The molecule has 0 heterocycles. The quantitative estimate of drug-likeness (QED) is 0.450. The Morgan fingerprint density at radius 1 is 1.15 bits per heavy atom. The Balaban J connectivity index is 3.51. The number of hydrogen-bond donors (Lipinski definition) is 3. The predicted molar refractivity (Wildman–Crippen MR) is 44.6 cm³/mol. The molecule has 0 aromatic carbocycles. The van der Waals surface area contributed by atoms with E-state index in [2.05, 4.69) is 0 Å². The molecule has 78 valence electrons. The summed E-state index contributed by atoms with van der Waals surface area (Å²) in [6.45, 7) is 0.437. The third-order valence-electron chi connectivity index (χ3n) is 1.38. The molecular formula is C7H15NO5. The van der Waals surface area contributed by atoms with Crippen molar-refractivity contribution in [3.63, 3.8) is 0 Å². The topological polar surface area (TPSA) is 90.2 Å². The zero-order valence-corrected chi connectivity index (χ0v) is 7.35. The summed E-state index contributed by atoms with van der Waals surface area (Å²) in [4.78, 5) is 11.5. The summed E-state index contributed by atoms with van der Waals surface area (Å²) in [5, 5.41) is 25.4. The number of ether oxygens (including phenoxy) is 1. The van der Waals surface area contributed by atoms with Crippen molar-refractivity contribution < 1.29 is 24.9 Å². The number of amides is 1. The van der Waals surface area contributed by atoms with Gasteiger partial charge in [-0.2, -0.15) is 0 Å². The van der Waals surface area contributed by atoms with Gasteiger partial charge in [0.15, 0.2) is 0 Å². The molecule has 0 aliphatic carbocycles. The van der Waals surface area contributed by atoms with Crippen LogP contribution in [0.5, 0.6) is 0 Å². The van der Waals surface area contributed by atoms with Crippen molar-refractivity contribution in [2.75, 3.05) is 39.5 Å². The maximum absolute atomic E-state index is 10.5. The molecule has 0 atom stereocenters. The van der Waals surface area contributed by atoms with E-state index in [-0.39, 0.29) is 39.5 Å². The van der Waals surface area contributed by atoms with E-state index in [1.54, 1.807) is 0 Å². The Labute approximate surface area is 76.3 Å². The van der Waals surface area contributed by atoms with Crippen LogP contribution in [-0.4, -0.2) is 65.8 Å². The van der Waals surface area contributed by atoms with Crippen LogP contribution >= 0.6 is 0 Å². The number of nitrogens with zero attached hydrogens (tertiary/aromatic N) is 1. The number of carbonyl (C=O) groups is 1. The first-order valence-electron chi connectivity index (χ1n) is 3.99. The minimum absolute atomic E-state index is 0.0763. The van der Waals surface area contributed by atoms with Crippen LogP contribution in [0.15, 0.2) is 0 Å². The van der Waals surface area contributed by atoms with E-state index < -0.39 is 6.09 Å². The second-order valence-electron chi connectivity index (χ2n) is 2.33. The summed E-state index contributed by atoms with van der Waals surface area (Å²) < 4.78 is 4.87. The number of aliphatic hydroxyl groups is 2. The molecule has 3 N–H and O–H groups in total. The van der Waals surface area contributed by atoms with Gasteiger partial charge in [0.25, 0.3) is 0 Å². The molecule has 0 aromatic heterocycles. The number of rotatable bonds is 7. The van der Waals surface area contributed by atoms with Gasteiger partial charge in [0, 0.05) is 13.1 Å². The average Bonchev–Trinajstić information content (AvgIpc) is 2.10. The highest BCUT2D eigenvalue weighted by Gasteiger charge is 2.09. The van der Waals surface area contributed by atoms with Gasteiger partial charge in [-0.15, -0.1) is 0 Å². The SMILES string of the molecule is O=C(O)N(CCO)CCOCCO. The fraction of sp³-hybridized carbons (Fsp3) is 0.857. The minimum atomic E-state index is -1.08. The summed E-state index contributed by atoms with van der Waals surface area (Å²) in [5.74, 6) is 0. The summed E-state index contributed by atoms with van der Waals surface area (Å²) in [6.07, 6.45) is -1.08. The molecule has 0 saturated heterocycles. The molecular weight excluding hydrogens is 178 g/mol. The molecule has 6 nitrogen and oxygen atoms in total. The van der Waals surface area contributed by atoms with Crippen molar-refractivity contribution in [2.45, 2.75) is 0 Å². The van der Waals surface area contributed by atoms with Crippen LogP contribution < -0.4 is 0 Å². The van der Waals surface area contributed by atoms with Gasteiger partial charge >= 0.3 is 6.09 Å². The zero-order chi connectivity index (χ0) is 10.1. The van der Waals surface area contributed by atoms with Gasteiger partial charge < -0.3 is 25.0 Å². The lowest BCUT2D eigenvalue weighted by Gasteiger charge is -2.17. The van der Waals surface area contributed by atoms with Gasteiger partial charge in [0.1, 0.15) is 0 Å². The van der Waals surface area contributed by atoms with Crippen LogP contribution in [0.25, 0.3) is 0 Å². The highest BCUT2D eigenvalue weighted by molar-refractivity contribution is 5.64. The molecule has 0 rings (SSSR count). The first-order valence-corrected chi connectivity index (χ1v) is 3.99. The molecule has 0 bridgehead atoms.